The molecule has 0 saturated heterocycles. The van der Waals surface area contributed by atoms with Crippen molar-refractivity contribution in [2.24, 2.45) is 5.92 Å². The molecule has 2 aromatic carbocycles. The highest BCUT2D eigenvalue weighted by Gasteiger charge is 2.46. The lowest BCUT2D eigenvalue weighted by Crippen LogP contribution is -2.09. The Morgan fingerprint density at radius 3 is 2.32 bits per heavy atom. The molecule has 134 valence electrons. The molecule has 2 aromatic rings. The van der Waals surface area contributed by atoms with Crippen molar-refractivity contribution in [3.8, 4) is 11.1 Å². The van der Waals surface area contributed by atoms with Crippen molar-refractivity contribution < 1.29 is 12.7 Å². The fourth-order valence-corrected chi connectivity index (χ4v) is 4.60. The summed E-state index contributed by atoms with van der Waals surface area (Å²) < 4.78 is 41.9. The van der Waals surface area contributed by atoms with Gasteiger partial charge in [0.1, 0.15) is 0 Å². The fourth-order valence-electron chi connectivity index (χ4n) is 4.05. The molecule has 0 bridgehead atoms. The van der Waals surface area contributed by atoms with Crippen LogP contribution in [0, 0.1) is 19.8 Å². The molecule has 0 aliphatic heterocycles. The van der Waals surface area contributed by atoms with Crippen LogP contribution in [0.25, 0.3) is 11.1 Å². The average molecular weight is 364 g/mol. The van der Waals surface area contributed by atoms with Crippen LogP contribution in [0.15, 0.2) is 41.3 Å². The van der Waals surface area contributed by atoms with Gasteiger partial charge in [-0.25, -0.2) is 8.78 Å². The van der Waals surface area contributed by atoms with Crippen LogP contribution in [0.4, 0.5) is 12.7 Å². The summed E-state index contributed by atoms with van der Waals surface area (Å²) in [4.78, 5) is 0.518. The van der Waals surface area contributed by atoms with E-state index in [-0.39, 0.29) is 36.8 Å². The minimum absolute atomic E-state index is 0.0709. The summed E-state index contributed by atoms with van der Waals surface area (Å²) in [5.41, 5.74) is 4.57. The van der Waals surface area contributed by atoms with E-state index in [1.54, 1.807) is 6.07 Å². The van der Waals surface area contributed by atoms with E-state index in [9.17, 15) is 12.7 Å². The van der Waals surface area contributed by atoms with E-state index in [1.165, 1.54) is 0 Å². The molecule has 1 aliphatic carbocycles. The van der Waals surface area contributed by atoms with Gasteiger partial charge in [0.05, 0.1) is 12.1 Å². The second kappa shape index (κ2) is 7.06. The lowest BCUT2D eigenvalue weighted by Gasteiger charge is -2.23. The maximum absolute atomic E-state index is 14.1. The smallest absolute Gasteiger partial charge is 0.207 e. The van der Waals surface area contributed by atoms with Gasteiger partial charge in [-0.3, -0.25) is 0 Å². The zero-order chi connectivity index (χ0) is 18.2. The van der Waals surface area contributed by atoms with Crippen molar-refractivity contribution in [3.05, 3.63) is 53.1 Å². The van der Waals surface area contributed by atoms with Crippen LogP contribution in [0.2, 0.25) is 0 Å². The Hall–Kier alpha value is -1.42. The first kappa shape index (κ1) is 18.4. The molecule has 4 heteroatoms. The first-order chi connectivity index (χ1) is 11.8. The van der Waals surface area contributed by atoms with Gasteiger partial charge in [-0.15, -0.1) is 0 Å². The number of aryl methyl sites for hydroxylation is 2. The van der Waals surface area contributed by atoms with Crippen molar-refractivity contribution in [1.82, 2.24) is 0 Å². The molecule has 25 heavy (non-hydrogen) atoms. The predicted octanol–water partition coefficient (Wildman–Crippen LogP) is 7.49. The third kappa shape index (κ3) is 3.74. The Labute approximate surface area is 152 Å². The Morgan fingerprint density at radius 2 is 1.72 bits per heavy atom. The molecule has 1 aliphatic rings. The van der Waals surface area contributed by atoms with Crippen LogP contribution in [0.1, 0.15) is 48.8 Å². The maximum Gasteiger partial charge on any atom is 0.249 e. The zero-order valence-electron chi connectivity index (χ0n) is 14.8. The summed E-state index contributed by atoms with van der Waals surface area (Å²) >= 11 is 0.203. The highest BCUT2D eigenvalue weighted by molar-refractivity contribution is 7.94. The first-order valence-corrected chi connectivity index (χ1v) is 9.44. The second-order valence-electron chi connectivity index (χ2n) is 7.21. The molecule has 0 aromatic heterocycles. The van der Waals surface area contributed by atoms with Crippen molar-refractivity contribution >= 4 is 12.1 Å². The number of rotatable bonds is 4. The van der Waals surface area contributed by atoms with Crippen molar-refractivity contribution in [1.29, 1.82) is 0 Å². The quantitative estimate of drug-likeness (QED) is 0.541. The van der Waals surface area contributed by atoms with Crippen LogP contribution in [0.5, 0.6) is 0 Å². The van der Waals surface area contributed by atoms with Gasteiger partial charge in [0.2, 0.25) is 5.92 Å². The molecule has 0 N–H and O–H groups in total. The fraction of sp³-hybridized carbons (Fsp3) is 0.429. The highest BCUT2D eigenvalue weighted by Crippen LogP contribution is 2.52. The van der Waals surface area contributed by atoms with Gasteiger partial charge in [-0.2, -0.15) is 3.89 Å². The van der Waals surface area contributed by atoms with Gasteiger partial charge in [-0.05, 0) is 48.4 Å². The predicted molar refractivity (Wildman–Crippen MR) is 99.0 cm³/mol. The Bertz CT molecular complexity index is 752. The SMILES string of the molecule is CCC1CC(F)(F)CC1c1cc(C)cc(SF)c1-c1ccc(C)cc1. The lowest BCUT2D eigenvalue weighted by atomic mass is 9.82. The van der Waals surface area contributed by atoms with Crippen LogP contribution >= 0.6 is 12.1 Å². The van der Waals surface area contributed by atoms with E-state index in [0.29, 0.717) is 11.3 Å². The molecule has 0 radical (unpaired) electrons. The summed E-state index contributed by atoms with van der Waals surface area (Å²) in [5.74, 6) is -2.94. The number of hydrogen-bond acceptors (Lipinski definition) is 1. The zero-order valence-corrected chi connectivity index (χ0v) is 15.6. The van der Waals surface area contributed by atoms with Gasteiger partial charge >= 0.3 is 0 Å². The van der Waals surface area contributed by atoms with Crippen molar-refractivity contribution in [2.45, 2.75) is 56.8 Å². The Morgan fingerprint density at radius 1 is 1.04 bits per heavy atom. The number of halogens is 3. The summed E-state index contributed by atoms with van der Waals surface area (Å²) in [5, 5.41) is 0. The largest absolute Gasteiger partial charge is 0.249 e. The summed E-state index contributed by atoms with van der Waals surface area (Å²) in [6.45, 7) is 5.86. The van der Waals surface area contributed by atoms with E-state index < -0.39 is 5.92 Å². The molecule has 0 heterocycles. The van der Waals surface area contributed by atoms with Gasteiger partial charge in [-0.1, -0.05) is 49.2 Å². The summed E-state index contributed by atoms with van der Waals surface area (Å²) in [6, 6.07) is 11.6. The minimum atomic E-state index is -2.64. The topological polar surface area (TPSA) is 0 Å². The van der Waals surface area contributed by atoms with E-state index in [2.05, 4.69) is 0 Å². The summed E-state index contributed by atoms with van der Waals surface area (Å²) in [7, 11) is 0. The molecule has 1 fully saturated rings. The monoisotopic (exact) mass is 364 g/mol. The Kier molecular flexibility index (Phi) is 5.19. The standard InChI is InChI=1S/C21H23F3S/c1-4-15-11-21(22,23)12-18(15)17-9-14(3)10-19(25-24)20(17)16-7-5-13(2)6-8-16/h5-10,15,18H,4,11-12H2,1-3H3. The van der Waals surface area contributed by atoms with Crippen LogP contribution in [-0.2, 0) is 0 Å². The third-order valence-electron chi connectivity index (χ3n) is 5.27. The average Bonchev–Trinajstić information content (AvgIpc) is 2.90. The normalized spacial score (nSPS) is 22.3. The van der Waals surface area contributed by atoms with Crippen LogP contribution in [-0.4, -0.2) is 5.92 Å². The van der Waals surface area contributed by atoms with Gasteiger partial charge in [0.25, 0.3) is 0 Å². The maximum atomic E-state index is 14.1. The van der Waals surface area contributed by atoms with Gasteiger partial charge in [0, 0.05) is 23.3 Å². The number of alkyl halides is 2. The molecule has 2 atom stereocenters. The molecule has 0 spiro atoms. The highest BCUT2D eigenvalue weighted by atomic mass is 32.2. The Balaban J connectivity index is 2.18. The lowest BCUT2D eigenvalue weighted by molar-refractivity contribution is 0.00402. The molecule has 3 rings (SSSR count). The van der Waals surface area contributed by atoms with Crippen LogP contribution < -0.4 is 0 Å². The van der Waals surface area contributed by atoms with Crippen LogP contribution in [0.3, 0.4) is 0 Å². The van der Waals surface area contributed by atoms with E-state index in [0.717, 1.165) is 27.8 Å². The first-order valence-electron chi connectivity index (χ1n) is 8.72. The molecule has 2 unspecified atom stereocenters. The molecular weight excluding hydrogens is 341 g/mol. The van der Waals surface area contributed by atoms with Crippen molar-refractivity contribution in [3.63, 3.8) is 0 Å². The van der Waals surface area contributed by atoms with E-state index in [1.807, 2.05) is 51.1 Å². The molecule has 0 amide bonds. The number of hydrogen-bond donors (Lipinski definition) is 0. The molecular formula is C21H23F3S. The minimum Gasteiger partial charge on any atom is -0.207 e. The molecule has 1 saturated carbocycles. The number of benzene rings is 2. The van der Waals surface area contributed by atoms with E-state index >= 15 is 0 Å². The van der Waals surface area contributed by atoms with Gasteiger partial charge < -0.3 is 0 Å². The van der Waals surface area contributed by atoms with Crippen molar-refractivity contribution in [2.75, 3.05) is 0 Å². The second-order valence-corrected chi connectivity index (χ2v) is 7.80. The summed E-state index contributed by atoms with van der Waals surface area (Å²) in [6.07, 6.45) is 0.484. The third-order valence-corrected chi connectivity index (χ3v) is 5.76. The van der Waals surface area contributed by atoms with Gasteiger partial charge in [0.15, 0.2) is 0 Å². The van der Waals surface area contributed by atoms with E-state index in [4.69, 9.17) is 0 Å². The molecule has 0 nitrogen and oxygen atoms in total.